The monoisotopic (exact) mass is 352 g/mol. The predicted octanol–water partition coefficient (Wildman–Crippen LogP) is 6.75. The van der Waals surface area contributed by atoms with E-state index in [0.717, 1.165) is 0 Å². The van der Waals surface area contributed by atoms with Gasteiger partial charge in [-0.2, -0.15) is 5.26 Å². The van der Waals surface area contributed by atoms with Crippen LogP contribution in [0.3, 0.4) is 0 Å². The summed E-state index contributed by atoms with van der Waals surface area (Å²) in [5.74, 6) is 0. The summed E-state index contributed by atoms with van der Waals surface area (Å²) in [5.41, 5.74) is 0. The fourth-order valence-electron chi connectivity index (χ4n) is 3.36. The molecule has 0 radical (unpaired) electrons. The molecule has 3 heteroatoms. The largest absolute Gasteiger partial charge is 0.262 e. The third-order valence-electron chi connectivity index (χ3n) is 4.96. The van der Waals surface area contributed by atoms with E-state index in [9.17, 15) is 0 Å². The van der Waals surface area contributed by atoms with Crippen molar-refractivity contribution in [2.75, 3.05) is 24.6 Å². The molecule has 1 rings (SSSR count). The van der Waals surface area contributed by atoms with E-state index in [2.05, 4.69) is 27.7 Å². The first kappa shape index (κ1) is 23.2. The van der Waals surface area contributed by atoms with Crippen LogP contribution in [0, 0.1) is 11.5 Å². The van der Waals surface area contributed by atoms with Crippen LogP contribution in [0.25, 0.3) is 0 Å². The van der Waals surface area contributed by atoms with Crippen molar-refractivity contribution < 1.29 is 0 Å². The smallest absolute Gasteiger partial charge is 0.188 e. The first-order valence-corrected chi connectivity index (χ1v) is 13.0. The Morgan fingerprint density at radius 3 is 1.25 bits per heavy atom. The molecule has 0 saturated heterocycles. The number of hydrogen-bond acceptors (Lipinski definition) is 1. The normalized spacial score (nSPS) is 11.5. The summed E-state index contributed by atoms with van der Waals surface area (Å²) in [6.07, 6.45) is 23.4. The van der Waals surface area contributed by atoms with Crippen LogP contribution in [0.2, 0.25) is 0 Å². The molecular weight excluding hydrogens is 311 g/mol. The third kappa shape index (κ3) is 10.9. The Bertz CT molecular complexity index is 368. The maximum Gasteiger partial charge on any atom is 0.188 e. The molecule has 1 aromatic heterocycles. The second kappa shape index (κ2) is 15.7. The number of unbranched alkanes of at least 4 members (excludes halogenated alkanes) is 4. The molecule has 0 spiro atoms. The SMILES string of the molecule is CCCC[PH](CCCC)(CCCC)CCCC.N#Cn1cccc1. The number of aromatic nitrogens is 1. The number of nitrogens with zero attached hydrogens (tertiary/aromatic N) is 2. The van der Waals surface area contributed by atoms with Crippen LogP contribution in [0.5, 0.6) is 0 Å². The van der Waals surface area contributed by atoms with Gasteiger partial charge in [-0.25, -0.2) is 0 Å². The predicted molar refractivity (Wildman–Crippen MR) is 113 cm³/mol. The van der Waals surface area contributed by atoms with Crippen molar-refractivity contribution in [1.82, 2.24) is 4.57 Å². The Kier molecular flexibility index (Phi) is 15.2. The molecule has 140 valence electrons. The Hall–Kier alpha value is -0.800. The quantitative estimate of drug-likeness (QED) is 0.382. The van der Waals surface area contributed by atoms with Gasteiger partial charge in [0.25, 0.3) is 0 Å². The molecule has 0 aromatic carbocycles. The van der Waals surface area contributed by atoms with E-state index in [1.54, 1.807) is 37.0 Å². The van der Waals surface area contributed by atoms with Gasteiger partial charge in [0.2, 0.25) is 0 Å². The zero-order valence-corrected chi connectivity index (χ0v) is 17.7. The van der Waals surface area contributed by atoms with Crippen LogP contribution in [-0.4, -0.2) is 29.2 Å². The average Bonchev–Trinajstić information content (AvgIpc) is 3.15. The van der Waals surface area contributed by atoms with Crippen LogP contribution in [-0.2, 0) is 0 Å². The molecule has 1 heterocycles. The standard InChI is InChI=1S/C16H37P.C5H4N2/c1-5-9-13-17(14-10-6-2,15-11-7-3)16-12-8-4;6-5-7-3-1-2-4-7/h17H,5-16H2,1-4H3;1-4H. The van der Waals surface area contributed by atoms with Crippen LogP contribution >= 0.6 is 7.26 Å². The van der Waals surface area contributed by atoms with E-state index in [1.807, 2.05) is 18.3 Å². The number of hydrogen-bond donors (Lipinski definition) is 0. The summed E-state index contributed by atoms with van der Waals surface area (Å²) in [6, 6.07) is 3.62. The minimum Gasteiger partial charge on any atom is -0.262 e. The molecule has 0 aliphatic carbocycles. The number of nitriles is 1. The maximum absolute atomic E-state index is 8.14. The van der Waals surface area contributed by atoms with E-state index in [4.69, 9.17) is 5.26 Å². The molecular formula is C21H41N2P. The minimum absolute atomic E-state index is 0.879. The van der Waals surface area contributed by atoms with Crippen molar-refractivity contribution in [1.29, 1.82) is 5.26 Å². The van der Waals surface area contributed by atoms with Crippen molar-refractivity contribution in [2.45, 2.75) is 79.1 Å². The van der Waals surface area contributed by atoms with E-state index >= 15 is 0 Å². The summed E-state index contributed by atoms with van der Waals surface area (Å²) in [4.78, 5) is 0. The molecule has 2 nitrogen and oxygen atoms in total. The van der Waals surface area contributed by atoms with Gasteiger partial charge in [0.05, 0.1) is 0 Å². The van der Waals surface area contributed by atoms with E-state index in [1.165, 1.54) is 55.9 Å². The Morgan fingerprint density at radius 2 is 1.04 bits per heavy atom. The molecule has 0 unspecified atom stereocenters. The maximum atomic E-state index is 8.14. The van der Waals surface area contributed by atoms with Gasteiger partial charge in [-0.1, -0.05) is 0 Å². The van der Waals surface area contributed by atoms with E-state index in [-0.39, 0.29) is 0 Å². The first-order chi connectivity index (χ1) is 11.7. The molecule has 0 fully saturated rings. The Labute approximate surface area is 152 Å². The molecule has 0 bridgehead atoms. The first-order valence-electron chi connectivity index (χ1n) is 10.2. The van der Waals surface area contributed by atoms with E-state index < -0.39 is 7.26 Å². The van der Waals surface area contributed by atoms with Crippen molar-refractivity contribution in [3.05, 3.63) is 24.5 Å². The van der Waals surface area contributed by atoms with Crippen LogP contribution in [0.1, 0.15) is 79.1 Å². The summed E-state index contributed by atoms with van der Waals surface area (Å²) < 4.78 is 1.43. The summed E-state index contributed by atoms with van der Waals surface area (Å²) in [5, 5.41) is 8.14. The van der Waals surface area contributed by atoms with Gasteiger partial charge in [-0.15, -0.1) is 0 Å². The van der Waals surface area contributed by atoms with Crippen LogP contribution < -0.4 is 0 Å². The van der Waals surface area contributed by atoms with Crippen molar-refractivity contribution in [3.63, 3.8) is 0 Å². The van der Waals surface area contributed by atoms with Gasteiger partial charge in [0.15, 0.2) is 6.19 Å². The molecule has 1 aromatic rings. The molecule has 0 N–H and O–H groups in total. The minimum atomic E-state index is -0.879. The Balaban J connectivity index is 0.000000620. The average molecular weight is 353 g/mol. The van der Waals surface area contributed by atoms with Gasteiger partial charge in [-0.3, -0.25) is 4.57 Å². The van der Waals surface area contributed by atoms with Crippen LogP contribution in [0.15, 0.2) is 24.5 Å². The van der Waals surface area contributed by atoms with Gasteiger partial charge < -0.3 is 0 Å². The van der Waals surface area contributed by atoms with Crippen LogP contribution in [0.4, 0.5) is 0 Å². The Morgan fingerprint density at radius 1 is 0.708 bits per heavy atom. The second-order valence-electron chi connectivity index (χ2n) is 7.10. The number of rotatable bonds is 12. The van der Waals surface area contributed by atoms with Gasteiger partial charge in [-0.05, 0) is 12.1 Å². The molecule has 0 amide bonds. The topological polar surface area (TPSA) is 28.7 Å². The molecule has 0 saturated carbocycles. The third-order valence-corrected chi connectivity index (χ3v) is 10.6. The summed E-state index contributed by atoms with van der Waals surface area (Å²) in [7, 11) is -0.879. The van der Waals surface area contributed by atoms with E-state index in [0.29, 0.717) is 0 Å². The molecule has 0 atom stereocenters. The zero-order valence-electron chi connectivity index (χ0n) is 16.7. The van der Waals surface area contributed by atoms with Crippen molar-refractivity contribution in [2.24, 2.45) is 0 Å². The second-order valence-corrected chi connectivity index (χ2v) is 12.1. The zero-order chi connectivity index (χ0) is 18.1. The summed E-state index contributed by atoms with van der Waals surface area (Å²) >= 11 is 0. The molecule has 24 heavy (non-hydrogen) atoms. The summed E-state index contributed by atoms with van der Waals surface area (Å²) in [6.45, 7) is 9.44. The molecule has 0 aliphatic rings. The fraction of sp³-hybridized carbons (Fsp3) is 0.762. The van der Waals surface area contributed by atoms with Gasteiger partial charge >= 0.3 is 111 Å². The fourth-order valence-corrected chi connectivity index (χ4v) is 9.27. The van der Waals surface area contributed by atoms with Gasteiger partial charge in [0, 0.05) is 12.4 Å². The molecule has 0 aliphatic heterocycles. The van der Waals surface area contributed by atoms with Crippen molar-refractivity contribution >= 4 is 7.26 Å². The van der Waals surface area contributed by atoms with Gasteiger partial charge in [0.1, 0.15) is 0 Å². The van der Waals surface area contributed by atoms with Crippen molar-refractivity contribution in [3.8, 4) is 6.19 Å².